The van der Waals surface area contributed by atoms with Crippen LogP contribution in [0, 0.1) is 5.92 Å². The average molecular weight is 290 g/mol. The highest BCUT2D eigenvalue weighted by atomic mass is 35.5. The van der Waals surface area contributed by atoms with E-state index >= 15 is 0 Å². The molecule has 0 radical (unpaired) electrons. The zero-order valence-corrected chi connectivity index (χ0v) is 12.9. The molecule has 0 bridgehead atoms. The fourth-order valence-electron chi connectivity index (χ4n) is 3.12. The number of nitrogens with one attached hydrogen (secondary N) is 1. The summed E-state index contributed by atoms with van der Waals surface area (Å²) in [7, 11) is 2.09. The zero-order chi connectivity index (χ0) is 12.8. The molecular formula is C14H28ClN3O. The van der Waals surface area contributed by atoms with Crippen LogP contribution in [0.2, 0.25) is 0 Å². The second-order valence-corrected chi connectivity index (χ2v) is 5.83. The molecule has 0 spiro atoms. The molecule has 1 saturated heterocycles. The minimum absolute atomic E-state index is 0. The number of hydrogen-bond donors (Lipinski definition) is 1. The quantitative estimate of drug-likeness (QED) is 0.849. The van der Waals surface area contributed by atoms with E-state index in [1.54, 1.807) is 0 Å². The van der Waals surface area contributed by atoms with Crippen LogP contribution >= 0.6 is 12.4 Å². The van der Waals surface area contributed by atoms with Crippen LogP contribution in [0.15, 0.2) is 0 Å². The Kier molecular flexibility index (Phi) is 7.73. The number of likely N-dealkylation sites (N-methyl/N-ethyl adjacent to an activating group) is 1. The average Bonchev–Trinajstić information content (AvgIpc) is 2.40. The molecule has 112 valence electrons. The Balaban J connectivity index is 0.00000180. The Labute approximate surface area is 123 Å². The summed E-state index contributed by atoms with van der Waals surface area (Å²) in [6.45, 7) is 5.32. The SMILES string of the molecule is CN(CC(=O)N1CCNCC1)CC1CCCCC1.Cl. The highest BCUT2D eigenvalue weighted by molar-refractivity contribution is 5.85. The molecular weight excluding hydrogens is 262 g/mol. The van der Waals surface area contributed by atoms with Gasteiger partial charge >= 0.3 is 0 Å². The van der Waals surface area contributed by atoms with Gasteiger partial charge in [0.25, 0.3) is 0 Å². The molecule has 4 nitrogen and oxygen atoms in total. The fourth-order valence-corrected chi connectivity index (χ4v) is 3.12. The van der Waals surface area contributed by atoms with Crippen molar-refractivity contribution in [2.24, 2.45) is 5.92 Å². The van der Waals surface area contributed by atoms with Crippen molar-refractivity contribution in [1.29, 1.82) is 0 Å². The van der Waals surface area contributed by atoms with Crippen molar-refractivity contribution in [2.75, 3.05) is 46.3 Å². The third kappa shape index (κ3) is 5.67. The summed E-state index contributed by atoms with van der Waals surface area (Å²) in [5, 5.41) is 3.28. The molecule has 0 atom stereocenters. The molecule has 5 heteroatoms. The lowest BCUT2D eigenvalue weighted by atomic mass is 9.89. The van der Waals surface area contributed by atoms with E-state index < -0.39 is 0 Å². The van der Waals surface area contributed by atoms with Gasteiger partial charge in [0.05, 0.1) is 6.54 Å². The highest BCUT2D eigenvalue weighted by Gasteiger charge is 2.20. The van der Waals surface area contributed by atoms with E-state index in [4.69, 9.17) is 0 Å². The van der Waals surface area contributed by atoms with E-state index in [9.17, 15) is 4.79 Å². The summed E-state index contributed by atoms with van der Waals surface area (Å²) >= 11 is 0. The Hall–Kier alpha value is -0.320. The number of halogens is 1. The third-order valence-corrected chi connectivity index (χ3v) is 4.17. The number of rotatable bonds is 4. The molecule has 2 aliphatic rings. The molecule has 1 aliphatic carbocycles. The van der Waals surface area contributed by atoms with Crippen molar-refractivity contribution in [3.8, 4) is 0 Å². The molecule has 0 unspecified atom stereocenters. The van der Waals surface area contributed by atoms with Gasteiger partial charge in [0, 0.05) is 32.7 Å². The largest absolute Gasteiger partial charge is 0.339 e. The van der Waals surface area contributed by atoms with Crippen molar-refractivity contribution in [1.82, 2.24) is 15.1 Å². The van der Waals surface area contributed by atoms with Gasteiger partial charge in [0.1, 0.15) is 0 Å². The van der Waals surface area contributed by atoms with Crippen molar-refractivity contribution in [3.05, 3.63) is 0 Å². The molecule has 2 rings (SSSR count). The van der Waals surface area contributed by atoms with Crippen LogP contribution in [0.25, 0.3) is 0 Å². The molecule has 2 fully saturated rings. The summed E-state index contributed by atoms with van der Waals surface area (Å²) in [4.78, 5) is 16.3. The number of hydrogen-bond acceptors (Lipinski definition) is 3. The lowest BCUT2D eigenvalue weighted by Crippen LogP contribution is -2.49. The van der Waals surface area contributed by atoms with Gasteiger partial charge in [-0.15, -0.1) is 12.4 Å². The Morgan fingerprint density at radius 3 is 2.47 bits per heavy atom. The van der Waals surface area contributed by atoms with Gasteiger partial charge in [-0.25, -0.2) is 0 Å². The lowest BCUT2D eigenvalue weighted by molar-refractivity contribution is -0.132. The third-order valence-electron chi connectivity index (χ3n) is 4.17. The molecule has 1 saturated carbocycles. The fraction of sp³-hybridized carbons (Fsp3) is 0.929. The van der Waals surface area contributed by atoms with E-state index in [1.165, 1.54) is 32.1 Å². The topological polar surface area (TPSA) is 35.6 Å². The number of carbonyl (C=O) groups is 1. The number of piperazine rings is 1. The molecule has 1 heterocycles. The first-order valence-electron chi connectivity index (χ1n) is 7.43. The lowest BCUT2D eigenvalue weighted by Gasteiger charge is -2.31. The summed E-state index contributed by atoms with van der Waals surface area (Å²) in [6, 6.07) is 0. The number of amides is 1. The second kappa shape index (κ2) is 8.77. The molecule has 19 heavy (non-hydrogen) atoms. The van der Waals surface area contributed by atoms with E-state index in [2.05, 4.69) is 17.3 Å². The van der Waals surface area contributed by atoms with Crippen LogP contribution < -0.4 is 5.32 Å². The monoisotopic (exact) mass is 289 g/mol. The Morgan fingerprint density at radius 1 is 1.21 bits per heavy atom. The van der Waals surface area contributed by atoms with Crippen molar-refractivity contribution >= 4 is 18.3 Å². The molecule has 0 aromatic rings. The summed E-state index contributed by atoms with van der Waals surface area (Å²) in [6.07, 6.45) is 6.87. The predicted molar refractivity (Wildman–Crippen MR) is 80.8 cm³/mol. The summed E-state index contributed by atoms with van der Waals surface area (Å²) < 4.78 is 0. The van der Waals surface area contributed by atoms with Crippen LogP contribution in [-0.2, 0) is 4.79 Å². The normalized spacial score (nSPS) is 21.3. The van der Waals surface area contributed by atoms with E-state index in [-0.39, 0.29) is 12.4 Å². The van der Waals surface area contributed by atoms with Crippen LogP contribution in [0.3, 0.4) is 0 Å². The molecule has 0 aromatic carbocycles. The smallest absolute Gasteiger partial charge is 0.236 e. The van der Waals surface area contributed by atoms with Gasteiger partial charge < -0.3 is 10.2 Å². The molecule has 1 aliphatic heterocycles. The van der Waals surface area contributed by atoms with Gasteiger partial charge in [0.15, 0.2) is 0 Å². The van der Waals surface area contributed by atoms with E-state index in [0.717, 1.165) is 38.6 Å². The first kappa shape index (κ1) is 16.7. The molecule has 1 amide bonds. The second-order valence-electron chi connectivity index (χ2n) is 5.83. The highest BCUT2D eigenvalue weighted by Crippen LogP contribution is 2.23. The minimum Gasteiger partial charge on any atom is -0.339 e. The van der Waals surface area contributed by atoms with Gasteiger partial charge in [-0.2, -0.15) is 0 Å². The van der Waals surface area contributed by atoms with E-state index in [1.807, 2.05) is 4.90 Å². The van der Waals surface area contributed by atoms with Crippen molar-refractivity contribution < 1.29 is 4.79 Å². The van der Waals surface area contributed by atoms with Gasteiger partial charge in [-0.05, 0) is 25.8 Å². The van der Waals surface area contributed by atoms with Crippen molar-refractivity contribution in [3.63, 3.8) is 0 Å². The predicted octanol–water partition coefficient (Wildman–Crippen LogP) is 1.35. The van der Waals surface area contributed by atoms with Crippen LogP contribution in [-0.4, -0.2) is 62.0 Å². The van der Waals surface area contributed by atoms with Gasteiger partial charge in [-0.1, -0.05) is 19.3 Å². The zero-order valence-electron chi connectivity index (χ0n) is 12.1. The standard InChI is InChI=1S/C14H27N3O.ClH/c1-16(11-13-5-3-2-4-6-13)12-14(18)17-9-7-15-8-10-17;/h13,15H,2-12H2,1H3;1H. The first-order valence-corrected chi connectivity index (χ1v) is 7.43. The maximum absolute atomic E-state index is 12.1. The summed E-state index contributed by atoms with van der Waals surface area (Å²) in [5.74, 6) is 1.12. The maximum atomic E-state index is 12.1. The van der Waals surface area contributed by atoms with Gasteiger partial charge in [-0.3, -0.25) is 9.69 Å². The Bertz CT molecular complexity index is 263. The van der Waals surface area contributed by atoms with Gasteiger partial charge in [0.2, 0.25) is 5.91 Å². The first-order chi connectivity index (χ1) is 8.75. The minimum atomic E-state index is 0. The van der Waals surface area contributed by atoms with Crippen LogP contribution in [0.5, 0.6) is 0 Å². The van der Waals surface area contributed by atoms with E-state index in [0.29, 0.717) is 12.5 Å². The van der Waals surface area contributed by atoms with Crippen LogP contribution in [0.1, 0.15) is 32.1 Å². The molecule has 1 N–H and O–H groups in total. The van der Waals surface area contributed by atoms with Crippen LogP contribution in [0.4, 0.5) is 0 Å². The van der Waals surface area contributed by atoms with Crippen molar-refractivity contribution in [2.45, 2.75) is 32.1 Å². The maximum Gasteiger partial charge on any atom is 0.236 e. The Morgan fingerprint density at radius 2 is 1.84 bits per heavy atom. The number of nitrogens with zero attached hydrogens (tertiary/aromatic N) is 2. The number of carbonyl (C=O) groups excluding carboxylic acids is 1. The molecule has 0 aromatic heterocycles. The summed E-state index contributed by atoms with van der Waals surface area (Å²) in [5.41, 5.74) is 0.